The van der Waals surface area contributed by atoms with Crippen molar-refractivity contribution in [1.29, 1.82) is 0 Å². The van der Waals surface area contributed by atoms with Crippen molar-refractivity contribution in [3.05, 3.63) is 28.8 Å². The highest BCUT2D eigenvalue weighted by Gasteiger charge is 2.25. The lowest BCUT2D eigenvalue weighted by Gasteiger charge is -2.27. The second-order valence-electron chi connectivity index (χ2n) is 6.46. The molecule has 2 atom stereocenters. The van der Waals surface area contributed by atoms with Crippen LogP contribution in [0.15, 0.2) is 18.2 Å². The van der Waals surface area contributed by atoms with E-state index in [-0.39, 0.29) is 0 Å². The molecule has 0 aromatic heterocycles. The largest absolute Gasteiger partial charge is 0.495 e. The number of ether oxygens (including phenoxy) is 1. The van der Waals surface area contributed by atoms with Gasteiger partial charge in [-0.3, -0.25) is 0 Å². The van der Waals surface area contributed by atoms with E-state index < -0.39 is 0 Å². The maximum Gasteiger partial charge on any atom is 0.137 e. The molecule has 1 N–H and O–H groups in total. The summed E-state index contributed by atoms with van der Waals surface area (Å²) in [7, 11) is 1.69. The van der Waals surface area contributed by atoms with Crippen LogP contribution in [0.3, 0.4) is 0 Å². The Morgan fingerprint density at radius 2 is 2.00 bits per heavy atom. The van der Waals surface area contributed by atoms with Crippen LogP contribution in [-0.2, 0) is 0 Å². The first-order valence-electron chi connectivity index (χ1n) is 8.18. The first-order valence-corrected chi connectivity index (χ1v) is 8.56. The Hall–Kier alpha value is -0.730. The first kappa shape index (κ1) is 16.6. The van der Waals surface area contributed by atoms with Crippen molar-refractivity contribution >= 4 is 11.6 Å². The number of rotatable bonds is 5. The van der Waals surface area contributed by atoms with E-state index >= 15 is 0 Å². The SMILES string of the molecule is COc1cc(C2CCCCCC2CNC(C)C)ccc1Cl. The van der Waals surface area contributed by atoms with Crippen LogP contribution < -0.4 is 10.1 Å². The molecule has 0 spiro atoms. The summed E-state index contributed by atoms with van der Waals surface area (Å²) in [6.07, 6.45) is 6.63. The van der Waals surface area contributed by atoms with Gasteiger partial charge >= 0.3 is 0 Å². The Morgan fingerprint density at radius 3 is 2.71 bits per heavy atom. The van der Waals surface area contributed by atoms with Gasteiger partial charge in [0.25, 0.3) is 0 Å². The molecule has 1 fully saturated rings. The maximum atomic E-state index is 6.17. The molecule has 1 aromatic rings. The fraction of sp³-hybridized carbons (Fsp3) is 0.667. The average molecular weight is 310 g/mol. The summed E-state index contributed by atoms with van der Waals surface area (Å²) in [5.74, 6) is 2.12. The quantitative estimate of drug-likeness (QED) is 0.772. The zero-order chi connectivity index (χ0) is 15.2. The van der Waals surface area contributed by atoms with Gasteiger partial charge in [0.1, 0.15) is 5.75 Å². The average Bonchev–Trinajstić information content (AvgIpc) is 2.71. The van der Waals surface area contributed by atoms with Crippen molar-refractivity contribution in [1.82, 2.24) is 5.32 Å². The molecule has 1 saturated carbocycles. The van der Waals surface area contributed by atoms with E-state index in [9.17, 15) is 0 Å². The predicted octanol–water partition coefficient (Wildman–Crippen LogP) is 5.01. The van der Waals surface area contributed by atoms with Gasteiger partial charge in [-0.25, -0.2) is 0 Å². The van der Waals surface area contributed by atoms with Crippen molar-refractivity contribution in [3.63, 3.8) is 0 Å². The molecule has 21 heavy (non-hydrogen) atoms. The molecule has 1 aromatic carbocycles. The Balaban J connectivity index is 2.19. The van der Waals surface area contributed by atoms with E-state index in [1.165, 1.54) is 37.7 Å². The topological polar surface area (TPSA) is 21.3 Å². The molecule has 0 saturated heterocycles. The smallest absolute Gasteiger partial charge is 0.137 e. The minimum atomic E-state index is 0.550. The number of methoxy groups -OCH3 is 1. The lowest BCUT2D eigenvalue weighted by atomic mass is 9.82. The molecule has 2 rings (SSSR count). The van der Waals surface area contributed by atoms with E-state index in [0.29, 0.717) is 22.9 Å². The van der Waals surface area contributed by atoms with Crippen LogP contribution >= 0.6 is 11.6 Å². The summed E-state index contributed by atoms with van der Waals surface area (Å²) in [4.78, 5) is 0. The van der Waals surface area contributed by atoms with Crippen LogP contribution in [0.5, 0.6) is 5.75 Å². The Labute approximate surface area is 134 Å². The van der Waals surface area contributed by atoms with Gasteiger partial charge in [0, 0.05) is 6.04 Å². The third-order valence-corrected chi connectivity index (χ3v) is 4.86. The minimum absolute atomic E-state index is 0.550. The molecule has 1 aliphatic carbocycles. The van der Waals surface area contributed by atoms with Gasteiger partial charge < -0.3 is 10.1 Å². The highest BCUT2D eigenvalue weighted by atomic mass is 35.5. The first-order chi connectivity index (χ1) is 10.1. The van der Waals surface area contributed by atoms with Gasteiger partial charge in [0.15, 0.2) is 0 Å². The summed E-state index contributed by atoms with van der Waals surface area (Å²) in [5, 5.41) is 4.33. The van der Waals surface area contributed by atoms with Crippen molar-refractivity contribution in [2.24, 2.45) is 5.92 Å². The highest BCUT2D eigenvalue weighted by molar-refractivity contribution is 6.32. The van der Waals surface area contributed by atoms with E-state index in [4.69, 9.17) is 16.3 Å². The third kappa shape index (κ3) is 4.62. The summed E-state index contributed by atoms with van der Waals surface area (Å²) in [5.41, 5.74) is 1.38. The molecule has 0 radical (unpaired) electrons. The summed E-state index contributed by atoms with van der Waals surface area (Å²) in [6, 6.07) is 6.85. The second-order valence-corrected chi connectivity index (χ2v) is 6.87. The van der Waals surface area contributed by atoms with Crippen LogP contribution in [0.4, 0.5) is 0 Å². The van der Waals surface area contributed by atoms with Crippen LogP contribution in [0.1, 0.15) is 57.4 Å². The van der Waals surface area contributed by atoms with Crippen molar-refractivity contribution in [3.8, 4) is 5.75 Å². The molecule has 0 aliphatic heterocycles. The number of nitrogens with one attached hydrogen (secondary N) is 1. The van der Waals surface area contributed by atoms with Crippen LogP contribution in [0.2, 0.25) is 5.02 Å². The van der Waals surface area contributed by atoms with Gasteiger partial charge in [-0.1, -0.05) is 50.8 Å². The van der Waals surface area contributed by atoms with Crippen molar-refractivity contribution in [2.45, 2.75) is 57.9 Å². The molecule has 3 heteroatoms. The molecule has 1 aliphatic rings. The molecule has 2 unspecified atom stereocenters. The Bertz CT molecular complexity index is 447. The summed E-state index contributed by atoms with van der Waals surface area (Å²) in [6.45, 7) is 5.54. The fourth-order valence-electron chi connectivity index (χ4n) is 3.36. The van der Waals surface area contributed by atoms with E-state index in [1.54, 1.807) is 7.11 Å². The number of halogens is 1. The summed E-state index contributed by atoms with van der Waals surface area (Å²) < 4.78 is 5.39. The number of benzene rings is 1. The second kappa shape index (κ2) is 8.05. The molecular weight excluding hydrogens is 282 g/mol. The fourth-order valence-corrected chi connectivity index (χ4v) is 3.56. The standard InChI is InChI=1S/C18H28ClNO/c1-13(2)20-12-15-7-5-4-6-8-16(15)14-9-10-17(19)18(11-14)21-3/h9-11,13,15-16,20H,4-8,12H2,1-3H3. The number of hydrogen-bond acceptors (Lipinski definition) is 2. The third-order valence-electron chi connectivity index (χ3n) is 4.55. The van der Waals surface area contributed by atoms with Crippen molar-refractivity contribution in [2.75, 3.05) is 13.7 Å². The van der Waals surface area contributed by atoms with Crippen LogP contribution in [0, 0.1) is 5.92 Å². The van der Waals surface area contributed by atoms with Gasteiger partial charge in [-0.05, 0) is 48.9 Å². The lowest BCUT2D eigenvalue weighted by Crippen LogP contribution is -2.31. The molecule has 118 valence electrons. The molecular formula is C18H28ClNO. The van der Waals surface area contributed by atoms with Gasteiger partial charge in [0.05, 0.1) is 12.1 Å². The van der Waals surface area contributed by atoms with Crippen molar-refractivity contribution < 1.29 is 4.74 Å². The molecule has 0 heterocycles. The maximum absolute atomic E-state index is 6.17. The van der Waals surface area contributed by atoms with E-state index in [1.807, 2.05) is 6.07 Å². The Kier molecular flexibility index (Phi) is 6.38. The van der Waals surface area contributed by atoms with E-state index in [0.717, 1.165) is 12.3 Å². The monoisotopic (exact) mass is 309 g/mol. The van der Waals surface area contributed by atoms with E-state index in [2.05, 4.69) is 31.3 Å². The van der Waals surface area contributed by atoms with Gasteiger partial charge in [0.2, 0.25) is 0 Å². The molecule has 0 amide bonds. The zero-order valence-electron chi connectivity index (χ0n) is 13.5. The molecule has 0 bridgehead atoms. The normalized spacial score (nSPS) is 23.1. The van der Waals surface area contributed by atoms with Crippen LogP contribution in [0.25, 0.3) is 0 Å². The lowest BCUT2D eigenvalue weighted by molar-refractivity contribution is 0.361. The number of hydrogen-bond donors (Lipinski definition) is 1. The molecule has 2 nitrogen and oxygen atoms in total. The minimum Gasteiger partial charge on any atom is -0.495 e. The Morgan fingerprint density at radius 1 is 1.24 bits per heavy atom. The predicted molar refractivity (Wildman–Crippen MR) is 90.5 cm³/mol. The zero-order valence-corrected chi connectivity index (χ0v) is 14.2. The van der Waals surface area contributed by atoms with Crippen LogP contribution in [-0.4, -0.2) is 19.7 Å². The van der Waals surface area contributed by atoms with Gasteiger partial charge in [-0.15, -0.1) is 0 Å². The van der Waals surface area contributed by atoms with Gasteiger partial charge in [-0.2, -0.15) is 0 Å². The summed E-state index contributed by atoms with van der Waals surface area (Å²) >= 11 is 6.17. The highest BCUT2D eigenvalue weighted by Crippen LogP contribution is 2.38.